The Labute approximate surface area is 112 Å². The van der Waals surface area contributed by atoms with E-state index in [2.05, 4.69) is 30.1 Å². The van der Waals surface area contributed by atoms with Gasteiger partial charge in [-0.1, -0.05) is 6.42 Å². The van der Waals surface area contributed by atoms with Gasteiger partial charge in [-0.25, -0.2) is 0 Å². The molecule has 2 rings (SSSR count). The van der Waals surface area contributed by atoms with Crippen LogP contribution in [0.5, 0.6) is 0 Å². The van der Waals surface area contributed by atoms with Crippen molar-refractivity contribution in [3.8, 4) is 6.07 Å². The summed E-state index contributed by atoms with van der Waals surface area (Å²) in [7, 11) is 0. The Bertz CT molecular complexity index is 295. The van der Waals surface area contributed by atoms with Crippen molar-refractivity contribution in [2.24, 2.45) is 5.92 Å². The highest BCUT2D eigenvalue weighted by Crippen LogP contribution is 2.26. The maximum atomic E-state index is 9.14. The fraction of sp³-hybridized carbons (Fsp3) is 0.933. The third kappa shape index (κ3) is 3.46. The molecule has 1 aliphatic heterocycles. The molecule has 1 heterocycles. The summed E-state index contributed by atoms with van der Waals surface area (Å²) in [6.45, 7) is 7.02. The van der Waals surface area contributed by atoms with Crippen LogP contribution in [0, 0.1) is 17.2 Å². The smallest absolute Gasteiger partial charge is 0.0672 e. The maximum absolute atomic E-state index is 9.14. The van der Waals surface area contributed by atoms with Crippen LogP contribution in [0.15, 0.2) is 0 Å². The molecular formula is C15H27N3. The first-order valence-corrected chi connectivity index (χ1v) is 7.60. The second kappa shape index (κ2) is 6.54. The van der Waals surface area contributed by atoms with E-state index in [4.69, 9.17) is 5.26 Å². The van der Waals surface area contributed by atoms with E-state index in [0.29, 0.717) is 18.1 Å². The Balaban J connectivity index is 1.82. The quantitative estimate of drug-likeness (QED) is 0.835. The molecule has 0 aromatic rings. The number of hydrogen-bond donors (Lipinski definition) is 1. The van der Waals surface area contributed by atoms with Gasteiger partial charge in [-0.2, -0.15) is 5.26 Å². The first kappa shape index (κ1) is 13.8. The lowest BCUT2D eigenvalue weighted by molar-refractivity contribution is 0.228. The number of hydrogen-bond acceptors (Lipinski definition) is 3. The van der Waals surface area contributed by atoms with Gasteiger partial charge in [0.25, 0.3) is 0 Å². The summed E-state index contributed by atoms with van der Waals surface area (Å²) in [4.78, 5) is 2.58. The summed E-state index contributed by atoms with van der Waals surface area (Å²) in [5.41, 5.74) is 0. The van der Waals surface area contributed by atoms with Gasteiger partial charge in [0.1, 0.15) is 0 Å². The fourth-order valence-electron chi connectivity index (χ4n) is 3.42. The summed E-state index contributed by atoms with van der Waals surface area (Å²) in [5.74, 6) is 0.259. The molecule has 2 aliphatic rings. The zero-order valence-electron chi connectivity index (χ0n) is 11.9. The van der Waals surface area contributed by atoms with Crippen molar-refractivity contribution in [2.45, 2.75) is 70.5 Å². The molecule has 2 fully saturated rings. The second-order valence-corrected chi connectivity index (χ2v) is 6.20. The van der Waals surface area contributed by atoms with Gasteiger partial charge in [-0.15, -0.1) is 0 Å². The van der Waals surface area contributed by atoms with Gasteiger partial charge in [0.05, 0.1) is 12.0 Å². The first-order valence-electron chi connectivity index (χ1n) is 7.60. The van der Waals surface area contributed by atoms with Gasteiger partial charge in [0.2, 0.25) is 0 Å². The van der Waals surface area contributed by atoms with E-state index in [1.165, 1.54) is 45.2 Å². The molecule has 0 radical (unpaired) electrons. The van der Waals surface area contributed by atoms with E-state index >= 15 is 0 Å². The van der Waals surface area contributed by atoms with Crippen molar-refractivity contribution in [1.82, 2.24) is 10.2 Å². The van der Waals surface area contributed by atoms with Crippen molar-refractivity contribution in [2.75, 3.05) is 13.1 Å². The van der Waals surface area contributed by atoms with E-state index in [-0.39, 0.29) is 5.92 Å². The molecule has 0 spiro atoms. The molecule has 1 saturated carbocycles. The molecule has 18 heavy (non-hydrogen) atoms. The summed E-state index contributed by atoms with van der Waals surface area (Å²) in [6, 6.07) is 4.24. The summed E-state index contributed by atoms with van der Waals surface area (Å²) in [6.07, 6.45) is 7.33. The fourth-order valence-corrected chi connectivity index (χ4v) is 3.42. The van der Waals surface area contributed by atoms with Crippen LogP contribution < -0.4 is 5.32 Å². The molecule has 1 aliphatic carbocycles. The largest absolute Gasteiger partial charge is 0.310 e. The number of nitrogens with one attached hydrogen (secondary N) is 1. The molecule has 0 amide bonds. The van der Waals surface area contributed by atoms with Gasteiger partial charge in [-0.05, 0) is 59.0 Å². The minimum atomic E-state index is 0.259. The molecule has 1 N–H and O–H groups in total. The van der Waals surface area contributed by atoms with Crippen LogP contribution in [0.2, 0.25) is 0 Å². The Hall–Kier alpha value is -0.590. The Morgan fingerprint density at radius 3 is 2.67 bits per heavy atom. The van der Waals surface area contributed by atoms with Gasteiger partial charge in [-0.3, -0.25) is 0 Å². The van der Waals surface area contributed by atoms with Crippen LogP contribution in [-0.4, -0.2) is 36.1 Å². The predicted molar refractivity (Wildman–Crippen MR) is 74.2 cm³/mol. The van der Waals surface area contributed by atoms with E-state index in [1.807, 2.05) is 0 Å². The highest BCUT2D eigenvalue weighted by Gasteiger charge is 2.29. The zero-order valence-corrected chi connectivity index (χ0v) is 11.9. The van der Waals surface area contributed by atoms with Crippen molar-refractivity contribution in [1.29, 1.82) is 5.26 Å². The Morgan fingerprint density at radius 1 is 1.11 bits per heavy atom. The zero-order chi connectivity index (χ0) is 13.0. The lowest BCUT2D eigenvalue weighted by Gasteiger charge is -2.25. The van der Waals surface area contributed by atoms with Crippen LogP contribution >= 0.6 is 0 Å². The molecule has 3 unspecified atom stereocenters. The average molecular weight is 249 g/mol. The number of nitrogens with zero attached hydrogens (tertiary/aromatic N) is 2. The van der Waals surface area contributed by atoms with Crippen molar-refractivity contribution < 1.29 is 0 Å². The lowest BCUT2D eigenvalue weighted by Crippen LogP contribution is -2.41. The molecule has 0 bridgehead atoms. The Kier molecular flexibility index (Phi) is 5.03. The number of likely N-dealkylation sites (tertiary alicyclic amines) is 1. The highest BCUT2D eigenvalue weighted by atomic mass is 15.2. The van der Waals surface area contributed by atoms with E-state index < -0.39 is 0 Å². The SMILES string of the molecule is CC(C)N1CCCC(NC2CCCC2C#N)CC1. The molecule has 102 valence electrons. The minimum Gasteiger partial charge on any atom is -0.310 e. The van der Waals surface area contributed by atoms with Crippen molar-refractivity contribution in [3.05, 3.63) is 0 Å². The van der Waals surface area contributed by atoms with Gasteiger partial charge >= 0.3 is 0 Å². The summed E-state index contributed by atoms with van der Waals surface area (Å²) >= 11 is 0. The second-order valence-electron chi connectivity index (χ2n) is 6.20. The molecule has 1 saturated heterocycles. The van der Waals surface area contributed by atoms with Crippen molar-refractivity contribution >= 4 is 0 Å². The number of rotatable bonds is 3. The normalized spacial score (nSPS) is 34.4. The van der Waals surface area contributed by atoms with E-state index in [0.717, 1.165) is 6.42 Å². The molecule has 3 heteroatoms. The third-order valence-electron chi connectivity index (χ3n) is 4.62. The van der Waals surface area contributed by atoms with Crippen LogP contribution in [0.25, 0.3) is 0 Å². The summed E-state index contributed by atoms with van der Waals surface area (Å²) < 4.78 is 0. The molecule has 0 aromatic carbocycles. The van der Waals surface area contributed by atoms with Gasteiger partial charge < -0.3 is 10.2 Å². The predicted octanol–water partition coefficient (Wildman–Crippen LogP) is 2.53. The summed E-state index contributed by atoms with van der Waals surface area (Å²) in [5, 5.41) is 12.9. The third-order valence-corrected chi connectivity index (χ3v) is 4.62. The van der Waals surface area contributed by atoms with Gasteiger partial charge in [0.15, 0.2) is 0 Å². The van der Waals surface area contributed by atoms with Crippen LogP contribution in [0.3, 0.4) is 0 Å². The Morgan fingerprint density at radius 2 is 1.94 bits per heavy atom. The molecule has 3 nitrogen and oxygen atoms in total. The number of nitriles is 1. The van der Waals surface area contributed by atoms with Gasteiger partial charge in [0, 0.05) is 18.1 Å². The molecule has 0 aromatic heterocycles. The minimum absolute atomic E-state index is 0.259. The first-order chi connectivity index (χ1) is 8.70. The average Bonchev–Trinajstić information content (AvgIpc) is 2.65. The lowest BCUT2D eigenvalue weighted by atomic mass is 10.0. The van der Waals surface area contributed by atoms with Crippen molar-refractivity contribution in [3.63, 3.8) is 0 Å². The monoisotopic (exact) mass is 249 g/mol. The maximum Gasteiger partial charge on any atom is 0.0672 e. The van der Waals surface area contributed by atoms with Crippen LogP contribution in [0.1, 0.15) is 52.4 Å². The van der Waals surface area contributed by atoms with Crippen LogP contribution in [0.4, 0.5) is 0 Å². The standard InChI is InChI=1S/C15H27N3/c1-12(2)18-9-4-6-14(8-10-18)17-15-7-3-5-13(15)11-16/h12-15,17H,3-10H2,1-2H3. The highest BCUT2D eigenvalue weighted by molar-refractivity contribution is 4.97. The van der Waals surface area contributed by atoms with Crippen LogP contribution in [-0.2, 0) is 0 Å². The van der Waals surface area contributed by atoms with E-state index in [1.54, 1.807) is 0 Å². The molecule has 3 atom stereocenters. The topological polar surface area (TPSA) is 39.1 Å². The molecular weight excluding hydrogens is 222 g/mol. The van der Waals surface area contributed by atoms with E-state index in [9.17, 15) is 0 Å².